The predicted octanol–water partition coefficient (Wildman–Crippen LogP) is 1.04. The Labute approximate surface area is 79.1 Å². The molecule has 0 saturated carbocycles. The van der Waals surface area contributed by atoms with Crippen molar-refractivity contribution in [1.82, 2.24) is 0 Å². The van der Waals surface area contributed by atoms with Crippen LogP contribution >= 0.6 is 12.4 Å². The molecule has 0 aliphatic carbocycles. The lowest BCUT2D eigenvalue weighted by Gasteiger charge is -1.99. The number of hydrogen-bond acceptors (Lipinski definition) is 4. The van der Waals surface area contributed by atoms with Crippen LogP contribution in [0, 0.1) is 0 Å². The molecule has 4 nitrogen and oxygen atoms in total. The summed E-state index contributed by atoms with van der Waals surface area (Å²) >= 11 is 0. The lowest BCUT2D eigenvalue weighted by Crippen LogP contribution is -2.08. The van der Waals surface area contributed by atoms with Gasteiger partial charge in [0, 0.05) is 0 Å². The predicted molar refractivity (Wildman–Crippen MR) is 46.2 cm³/mol. The van der Waals surface area contributed by atoms with Gasteiger partial charge in [-0.25, -0.2) is 0 Å². The maximum absolute atomic E-state index is 10.6. The van der Waals surface area contributed by atoms with E-state index in [1.165, 1.54) is 7.11 Å². The van der Waals surface area contributed by atoms with Gasteiger partial charge in [-0.1, -0.05) is 0 Å². The zero-order chi connectivity index (χ0) is 8.69. The van der Waals surface area contributed by atoms with E-state index < -0.39 is 5.97 Å². The first-order valence-electron chi connectivity index (χ1n) is 3.43. The monoisotopic (exact) mass is 197 g/mol. The molecule has 12 heavy (non-hydrogen) atoms. The summed E-state index contributed by atoms with van der Waals surface area (Å²) in [5.41, 5.74) is 0. The molecule has 0 aliphatic rings. The summed E-state index contributed by atoms with van der Waals surface area (Å²) in [5, 5.41) is 0. The molecule has 0 aromatic rings. The van der Waals surface area contributed by atoms with Crippen molar-refractivity contribution < 1.29 is 20.5 Å². The molecule has 0 heterocycles. The molecular formula is C7H14ClO4+. The summed E-state index contributed by atoms with van der Waals surface area (Å²) in [5.74, 6) is -0.754. The summed E-state index contributed by atoms with van der Waals surface area (Å²) in [6, 6.07) is 0. The van der Waals surface area contributed by atoms with E-state index >= 15 is 0 Å². The molecule has 0 unspecified atom stereocenters. The van der Waals surface area contributed by atoms with Crippen molar-refractivity contribution >= 4 is 24.3 Å². The van der Waals surface area contributed by atoms with Crippen LogP contribution < -0.4 is 0 Å². The van der Waals surface area contributed by atoms with Gasteiger partial charge in [0.05, 0.1) is 26.6 Å². The lowest BCUT2D eigenvalue weighted by atomic mass is 10.3. The van der Waals surface area contributed by atoms with Gasteiger partial charge >= 0.3 is 13.4 Å². The van der Waals surface area contributed by atoms with E-state index in [9.17, 15) is 9.59 Å². The SMILES string of the molecule is CCOC(=O)CCC(=O)OC.Cl.[H+]. The quantitative estimate of drug-likeness (QED) is 0.632. The van der Waals surface area contributed by atoms with Crippen LogP contribution in [0.3, 0.4) is 0 Å². The summed E-state index contributed by atoms with van der Waals surface area (Å²) < 4.78 is 8.92. The van der Waals surface area contributed by atoms with Crippen LogP contribution in [0.2, 0.25) is 0 Å². The van der Waals surface area contributed by atoms with Gasteiger partial charge in [0.1, 0.15) is 0 Å². The average molecular weight is 198 g/mol. The minimum atomic E-state index is -0.391. The highest BCUT2D eigenvalue weighted by Crippen LogP contribution is 1.94. The van der Waals surface area contributed by atoms with Crippen molar-refractivity contribution in [2.24, 2.45) is 0 Å². The number of carbonyl (C=O) groups is 2. The fourth-order valence-corrected chi connectivity index (χ4v) is 0.539. The van der Waals surface area contributed by atoms with E-state index in [1.54, 1.807) is 6.92 Å². The molecule has 0 N–H and O–H groups in total. The average Bonchev–Trinajstić information content (AvgIpc) is 2.01. The Balaban J connectivity index is -0.000000500. The molecule has 0 amide bonds. The van der Waals surface area contributed by atoms with Crippen molar-refractivity contribution in [1.29, 1.82) is 0 Å². The summed E-state index contributed by atoms with van der Waals surface area (Å²) in [7, 11) is 1.29. The standard InChI is InChI=1S/C7H12O4.ClH/c1-3-11-7(9)5-4-6(8)10-2;/h3-5H2,1-2H3;1H/p+1. The zero-order valence-corrected chi connectivity index (χ0v) is 7.98. The Morgan fingerprint density at radius 2 is 1.75 bits per heavy atom. The van der Waals surface area contributed by atoms with Crippen LogP contribution in [0.15, 0.2) is 0 Å². The molecule has 0 rings (SSSR count). The second-order valence-electron chi connectivity index (χ2n) is 1.88. The van der Waals surface area contributed by atoms with Gasteiger partial charge in [-0.2, -0.15) is 0 Å². The van der Waals surface area contributed by atoms with Gasteiger partial charge in [0.15, 0.2) is 0 Å². The number of ether oxygens (including phenoxy) is 2. The molecule has 0 atom stereocenters. The summed E-state index contributed by atoms with van der Waals surface area (Å²) in [6.07, 6.45) is 0.190. The molecule has 0 saturated heterocycles. The molecular weight excluding hydrogens is 184 g/mol. The van der Waals surface area contributed by atoms with Gasteiger partial charge in [-0.3, -0.25) is 9.59 Å². The molecule has 72 valence electrons. The highest BCUT2D eigenvalue weighted by atomic mass is 35.5. The Bertz CT molecular complexity index is 151. The molecule has 0 aliphatic heterocycles. The van der Waals surface area contributed by atoms with E-state index in [-0.39, 0.29) is 32.6 Å². The second kappa shape index (κ2) is 8.33. The fraction of sp³-hybridized carbons (Fsp3) is 0.714. The Morgan fingerprint density at radius 3 is 2.17 bits per heavy atom. The number of esters is 2. The van der Waals surface area contributed by atoms with Crippen molar-refractivity contribution in [2.75, 3.05) is 13.7 Å². The zero-order valence-electron chi connectivity index (χ0n) is 8.16. The van der Waals surface area contributed by atoms with Gasteiger partial charge < -0.3 is 9.47 Å². The smallest absolute Gasteiger partial charge is 0.469 e. The Hall–Kier alpha value is -0.770. The molecule has 0 aromatic carbocycles. The van der Waals surface area contributed by atoms with Crippen LogP contribution in [-0.4, -0.2) is 25.7 Å². The molecule has 0 bridgehead atoms. The second-order valence-corrected chi connectivity index (χ2v) is 1.88. The van der Waals surface area contributed by atoms with E-state index in [4.69, 9.17) is 0 Å². The van der Waals surface area contributed by atoms with Gasteiger partial charge in [-0.15, -0.1) is 12.4 Å². The minimum absolute atomic E-state index is 0. The molecule has 0 aromatic heterocycles. The van der Waals surface area contributed by atoms with Crippen LogP contribution in [0.1, 0.15) is 21.2 Å². The summed E-state index contributed by atoms with van der Waals surface area (Å²) in [4.78, 5) is 21.1. The van der Waals surface area contributed by atoms with Crippen LogP contribution in [-0.2, 0) is 19.1 Å². The van der Waals surface area contributed by atoms with Crippen LogP contribution in [0.5, 0.6) is 0 Å². The number of carbonyl (C=O) groups excluding carboxylic acids is 2. The normalized spacial score (nSPS) is 8.17. The van der Waals surface area contributed by atoms with Crippen molar-refractivity contribution in [2.45, 2.75) is 19.8 Å². The molecule has 5 heteroatoms. The van der Waals surface area contributed by atoms with E-state index in [0.717, 1.165) is 0 Å². The Morgan fingerprint density at radius 1 is 1.25 bits per heavy atom. The third kappa shape index (κ3) is 7.34. The van der Waals surface area contributed by atoms with E-state index in [0.29, 0.717) is 6.61 Å². The third-order valence-electron chi connectivity index (χ3n) is 1.07. The maximum Gasteiger partial charge on any atom is 1.00 e. The third-order valence-corrected chi connectivity index (χ3v) is 1.07. The highest BCUT2D eigenvalue weighted by Gasteiger charge is 2.06. The Kier molecular flexibility index (Phi) is 9.57. The van der Waals surface area contributed by atoms with Gasteiger partial charge in [0.25, 0.3) is 0 Å². The van der Waals surface area contributed by atoms with Crippen molar-refractivity contribution in [3.8, 4) is 0 Å². The number of methoxy groups -OCH3 is 1. The van der Waals surface area contributed by atoms with Crippen molar-refractivity contribution in [3.05, 3.63) is 0 Å². The van der Waals surface area contributed by atoms with Crippen molar-refractivity contribution in [3.63, 3.8) is 0 Å². The van der Waals surface area contributed by atoms with E-state index in [1.807, 2.05) is 0 Å². The van der Waals surface area contributed by atoms with Gasteiger partial charge in [-0.05, 0) is 6.92 Å². The minimum Gasteiger partial charge on any atom is -0.469 e. The molecule has 0 fully saturated rings. The first kappa shape index (κ1) is 13.8. The fourth-order valence-electron chi connectivity index (χ4n) is 0.539. The van der Waals surface area contributed by atoms with Gasteiger partial charge in [0.2, 0.25) is 0 Å². The molecule has 0 radical (unpaired) electrons. The number of hydrogen-bond donors (Lipinski definition) is 0. The number of halogens is 1. The summed E-state index contributed by atoms with van der Waals surface area (Å²) in [6.45, 7) is 2.07. The largest absolute Gasteiger partial charge is 1.00 e. The number of rotatable bonds is 4. The topological polar surface area (TPSA) is 52.6 Å². The van der Waals surface area contributed by atoms with Crippen LogP contribution in [0.25, 0.3) is 0 Å². The lowest BCUT2D eigenvalue weighted by molar-refractivity contribution is -0.148. The molecule has 0 spiro atoms. The van der Waals surface area contributed by atoms with E-state index in [2.05, 4.69) is 9.47 Å². The highest BCUT2D eigenvalue weighted by molar-refractivity contribution is 5.85. The first-order valence-corrected chi connectivity index (χ1v) is 3.43. The van der Waals surface area contributed by atoms with Crippen LogP contribution in [0.4, 0.5) is 0 Å². The first-order chi connectivity index (χ1) is 5.20. The maximum atomic E-state index is 10.6.